The van der Waals surface area contributed by atoms with Gasteiger partial charge in [-0.3, -0.25) is 4.79 Å². The topological polar surface area (TPSA) is 192 Å². The molecule has 4 rings (SSSR count). The van der Waals surface area contributed by atoms with Gasteiger partial charge in [-0.25, -0.2) is 4.79 Å². The molecule has 1 aliphatic carbocycles. The second-order valence-corrected chi connectivity index (χ2v) is 9.78. The zero-order valence-corrected chi connectivity index (χ0v) is 20.1. The Kier molecular flexibility index (Phi) is 8.36. The lowest BCUT2D eigenvalue weighted by Gasteiger charge is -2.40. The van der Waals surface area contributed by atoms with Crippen molar-refractivity contribution in [2.75, 3.05) is 19.8 Å². The van der Waals surface area contributed by atoms with Gasteiger partial charge in [-0.05, 0) is 42.0 Å². The van der Waals surface area contributed by atoms with Crippen molar-refractivity contribution < 1.29 is 59.2 Å². The van der Waals surface area contributed by atoms with Crippen molar-refractivity contribution in [1.29, 1.82) is 0 Å². The van der Waals surface area contributed by atoms with Crippen LogP contribution in [0.3, 0.4) is 0 Å². The Morgan fingerprint density at radius 3 is 2.57 bits per heavy atom. The lowest BCUT2D eigenvalue weighted by molar-refractivity contribution is -0.304. The van der Waals surface area contributed by atoms with E-state index in [0.717, 1.165) is 6.08 Å². The number of benzene rings is 1. The number of rotatable bonds is 8. The monoisotopic (exact) mass is 524 g/mol. The van der Waals surface area contributed by atoms with E-state index in [1.54, 1.807) is 0 Å². The molecule has 1 aromatic rings. The van der Waals surface area contributed by atoms with E-state index in [4.69, 9.17) is 18.9 Å². The summed E-state index contributed by atoms with van der Waals surface area (Å²) in [7, 11) is 0. The molecule has 0 aromatic heterocycles. The fourth-order valence-electron chi connectivity index (χ4n) is 5.32. The van der Waals surface area contributed by atoms with E-state index in [2.05, 4.69) is 0 Å². The predicted octanol–water partition coefficient (Wildman–Crippen LogP) is -0.716. The first-order valence-corrected chi connectivity index (χ1v) is 12.1. The van der Waals surface area contributed by atoms with E-state index in [0.29, 0.717) is 12.0 Å². The number of phenolic OH excluding ortho intramolecular Hbond substituents is 2. The highest BCUT2D eigenvalue weighted by atomic mass is 16.7. The maximum absolute atomic E-state index is 12.1. The van der Waals surface area contributed by atoms with Crippen molar-refractivity contribution in [1.82, 2.24) is 0 Å². The quantitative estimate of drug-likeness (QED) is 0.142. The maximum Gasteiger partial charge on any atom is 0.330 e. The molecule has 12 nitrogen and oxygen atoms in total. The molecule has 12 heteroatoms. The maximum atomic E-state index is 12.1. The molecule has 2 heterocycles. The standard InChI is InChI=1S/C25H32O12/c1-11-6-17-20(13(8-26)24(33)36-17)14(11)9-35-25-23(32)22(31)21(30)18(37-25)10-34-19(29)5-3-12-2-4-15(27)16(28)7-12/h2-5,7,11,13-14,17-18,20-23,25-28,30-32H,6,8-10H2,1H3/t11-,13-,14+,17-,18+,20+,21+,22-,23+,25+/m0/s1. The van der Waals surface area contributed by atoms with Crippen molar-refractivity contribution in [3.05, 3.63) is 29.8 Å². The van der Waals surface area contributed by atoms with Gasteiger partial charge in [-0.2, -0.15) is 0 Å². The predicted molar refractivity (Wildman–Crippen MR) is 124 cm³/mol. The molecular weight excluding hydrogens is 492 g/mol. The van der Waals surface area contributed by atoms with Gasteiger partial charge in [0, 0.05) is 12.0 Å². The van der Waals surface area contributed by atoms with Gasteiger partial charge in [0.05, 0.1) is 19.1 Å². The van der Waals surface area contributed by atoms with Crippen molar-refractivity contribution in [3.63, 3.8) is 0 Å². The SMILES string of the molecule is C[C@H]1C[C@@H]2OC(=O)[C@@H](CO)[C@@H]2[C@@H]1CO[C@@H]1O[C@H](COC(=O)C=Cc2ccc(O)c(O)c2)[C@@H](O)[C@H](O)[C@H]1O. The molecular formula is C25H32O12. The number of phenols is 2. The third kappa shape index (κ3) is 5.74. The summed E-state index contributed by atoms with van der Waals surface area (Å²) in [6.45, 7) is 1.23. The van der Waals surface area contributed by atoms with E-state index in [1.807, 2.05) is 6.92 Å². The molecule has 3 aliphatic rings. The van der Waals surface area contributed by atoms with Crippen LogP contribution in [0.15, 0.2) is 24.3 Å². The van der Waals surface area contributed by atoms with Gasteiger partial charge in [-0.1, -0.05) is 13.0 Å². The molecule has 0 amide bonds. The molecule has 10 atom stereocenters. The zero-order valence-electron chi connectivity index (χ0n) is 20.1. The largest absolute Gasteiger partial charge is 0.504 e. The fraction of sp³-hybridized carbons (Fsp3) is 0.600. The van der Waals surface area contributed by atoms with Crippen LogP contribution in [0.4, 0.5) is 0 Å². The van der Waals surface area contributed by atoms with Crippen LogP contribution >= 0.6 is 0 Å². The van der Waals surface area contributed by atoms with Crippen molar-refractivity contribution in [2.24, 2.45) is 23.7 Å². The number of fused-ring (bicyclic) bond motifs is 1. The first kappa shape index (κ1) is 27.3. The van der Waals surface area contributed by atoms with E-state index < -0.39 is 55.2 Å². The Morgan fingerprint density at radius 1 is 1.11 bits per heavy atom. The third-order valence-electron chi connectivity index (χ3n) is 7.41. The molecule has 2 saturated heterocycles. The highest BCUT2D eigenvalue weighted by Crippen LogP contribution is 2.47. The number of carbonyl (C=O) groups is 2. The molecule has 2 aliphatic heterocycles. The Hall–Kier alpha value is -2.74. The summed E-state index contributed by atoms with van der Waals surface area (Å²) in [6.07, 6.45) is -4.59. The minimum Gasteiger partial charge on any atom is -0.504 e. The molecule has 37 heavy (non-hydrogen) atoms. The first-order chi connectivity index (χ1) is 17.6. The zero-order chi connectivity index (χ0) is 26.9. The molecule has 0 radical (unpaired) electrons. The molecule has 1 aromatic carbocycles. The highest BCUT2D eigenvalue weighted by molar-refractivity contribution is 5.87. The van der Waals surface area contributed by atoms with Crippen LogP contribution in [0.2, 0.25) is 0 Å². The Morgan fingerprint density at radius 2 is 1.86 bits per heavy atom. The molecule has 6 N–H and O–H groups in total. The van der Waals surface area contributed by atoms with Crippen molar-refractivity contribution >= 4 is 18.0 Å². The fourth-order valence-corrected chi connectivity index (χ4v) is 5.32. The summed E-state index contributed by atoms with van der Waals surface area (Å²) < 4.78 is 21.9. The normalized spacial score (nSPS) is 37.5. The lowest BCUT2D eigenvalue weighted by atomic mass is 9.83. The number of aliphatic hydroxyl groups excluding tert-OH is 4. The Balaban J connectivity index is 1.33. The second kappa shape index (κ2) is 11.3. The number of hydrogen-bond acceptors (Lipinski definition) is 12. The van der Waals surface area contributed by atoms with E-state index in [9.17, 15) is 40.2 Å². The number of aromatic hydroxyl groups is 2. The summed E-state index contributed by atoms with van der Waals surface area (Å²) in [4.78, 5) is 24.1. The molecule has 0 unspecified atom stereocenters. The summed E-state index contributed by atoms with van der Waals surface area (Å²) in [5.74, 6) is -2.87. The van der Waals surface area contributed by atoms with Crippen LogP contribution in [-0.2, 0) is 28.5 Å². The van der Waals surface area contributed by atoms with E-state index in [1.165, 1.54) is 24.3 Å². The average molecular weight is 525 g/mol. The van der Waals surface area contributed by atoms with Crippen LogP contribution in [0, 0.1) is 23.7 Å². The molecule has 3 fully saturated rings. The van der Waals surface area contributed by atoms with Gasteiger partial charge in [0.25, 0.3) is 0 Å². The summed E-state index contributed by atoms with van der Waals surface area (Å²) in [5, 5.41) is 59.5. The number of ether oxygens (including phenoxy) is 4. The number of carbonyl (C=O) groups excluding carboxylic acids is 2. The molecule has 1 saturated carbocycles. The van der Waals surface area contributed by atoms with E-state index >= 15 is 0 Å². The summed E-state index contributed by atoms with van der Waals surface area (Å²) >= 11 is 0. The van der Waals surface area contributed by atoms with Gasteiger partial charge in [0.15, 0.2) is 17.8 Å². The van der Waals surface area contributed by atoms with Gasteiger partial charge in [0.1, 0.15) is 37.1 Å². The lowest BCUT2D eigenvalue weighted by Crippen LogP contribution is -2.59. The first-order valence-electron chi connectivity index (χ1n) is 12.1. The number of esters is 2. The second-order valence-electron chi connectivity index (χ2n) is 9.78. The Labute approximate surface area is 212 Å². The third-order valence-corrected chi connectivity index (χ3v) is 7.41. The molecule has 204 valence electrons. The van der Waals surface area contributed by atoms with Crippen molar-refractivity contribution in [3.8, 4) is 11.5 Å². The van der Waals surface area contributed by atoms with Crippen LogP contribution in [0.1, 0.15) is 18.9 Å². The average Bonchev–Trinajstić information content (AvgIpc) is 3.33. The smallest absolute Gasteiger partial charge is 0.330 e. The van der Waals surface area contributed by atoms with Gasteiger partial charge < -0.3 is 49.6 Å². The molecule has 0 bridgehead atoms. The Bertz CT molecular complexity index is 1010. The van der Waals surface area contributed by atoms with Crippen molar-refractivity contribution in [2.45, 2.75) is 50.2 Å². The van der Waals surface area contributed by atoms with Gasteiger partial charge in [-0.15, -0.1) is 0 Å². The van der Waals surface area contributed by atoms with Crippen LogP contribution < -0.4 is 0 Å². The number of hydrogen-bond donors (Lipinski definition) is 6. The highest BCUT2D eigenvalue weighted by Gasteiger charge is 2.55. The minimum atomic E-state index is -1.63. The van der Waals surface area contributed by atoms with Crippen LogP contribution in [-0.4, -0.2) is 99.2 Å². The summed E-state index contributed by atoms with van der Waals surface area (Å²) in [6, 6.07) is 3.97. The van der Waals surface area contributed by atoms with Crippen LogP contribution in [0.5, 0.6) is 11.5 Å². The number of aliphatic hydroxyl groups is 4. The minimum absolute atomic E-state index is 0.0503. The van der Waals surface area contributed by atoms with Gasteiger partial charge >= 0.3 is 11.9 Å². The van der Waals surface area contributed by atoms with Gasteiger partial charge in [0.2, 0.25) is 0 Å². The van der Waals surface area contributed by atoms with E-state index in [-0.39, 0.29) is 48.6 Å². The van der Waals surface area contributed by atoms with Crippen LogP contribution in [0.25, 0.3) is 6.08 Å². The molecule has 0 spiro atoms. The summed E-state index contributed by atoms with van der Waals surface area (Å²) in [5.41, 5.74) is 0.425.